The zero-order valence-electron chi connectivity index (χ0n) is 16.9. The first-order valence-corrected chi connectivity index (χ1v) is 10.5. The van der Waals surface area contributed by atoms with Crippen molar-refractivity contribution in [2.24, 2.45) is 16.8 Å². The lowest BCUT2D eigenvalue weighted by Crippen LogP contribution is -2.41. The van der Waals surface area contributed by atoms with Crippen molar-refractivity contribution < 1.29 is 4.74 Å². The molecule has 0 radical (unpaired) electrons. The smallest absolute Gasteiger partial charge is 0.194 e. The number of aliphatic imine (C=N–C) groups is 1. The molecule has 3 fully saturated rings. The Morgan fingerprint density at radius 3 is 2.45 bits per heavy atom. The number of ether oxygens (including phenoxy) is 1. The molecule has 4 heterocycles. The highest BCUT2D eigenvalue weighted by Gasteiger charge is 2.53. The molecule has 3 aliphatic rings. The van der Waals surface area contributed by atoms with Gasteiger partial charge in [0.25, 0.3) is 0 Å². The van der Waals surface area contributed by atoms with Gasteiger partial charge in [0, 0.05) is 50.4 Å². The monoisotopic (exact) mass is 507 g/mol. The third-order valence-corrected chi connectivity index (χ3v) is 6.45. The number of fused-ring (bicyclic) bond motifs is 5. The Hall–Kier alpha value is -1.61. The first-order valence-electron chi connectivity index (χ1n) is 10.5. The first-order chi connectivity index (χ1) is 13.8. The van der Waals surface area contributed by atoms with Crippen molar-refractivity contribution in [3.8, 4) is 0 Å². The van der Waals surface area contributed by atoms with Gasteiger partial charge in [0.15, 0.2) is 5.96 Å². The predicted octanol–water partition coefficient (Wildman–Crippen LogP) is 3.12. The van der Waals surface area contributed by atoms with Gasteiger partial charge in [-0.1, -0.05) is 24.3 Å². The van der Waals surface area contributed by atoms with Crippen LogP contribution in [0.25, 0.3) is 0 Å². The predicted molar refractivity (Wildman–Crippen MR) is 124 cm³/mol. The number of nitrogens with zero attached hydrogens (tertiary/aromatic N) is 4. The van der Waals surface area contributed by atoms with Crippen LogP contribution in [0.1, 0.15) is 30.9 Å². The number of hydrogen-bond donors (Lipinski definition) is 1. The molecule has 1 aromatic carbocycles. The number of nitrogens with one attached hydrogen (secondary N) is 1. The number of aromatic nitrogens is 2. The highest BCUT2D eigenvalue weighted by Crippen LogP contribution is 2.47. The molecule has 6 nitrogen and oxygen atoms in total. The number of guanidine groups is 1. The van der Waals surface area contributed by atoms with E-state index in [-0.39, 0.29) is 24.0 Å². The number of benzene rings is 1. The molecule has 7 heteroatoms. The Labute approximate surface area is 189 Å². The van der Waals surface area contributed by atoms with Gasteiger partial charge in [0.05, 0.1) is 25.1 Å². The number of imidazole rings is 1. The molecule has 2 bridgehead atoms. The van der Waals surface area contributed by atoms with Crippen molar-refractivity contribution >= 4 is 29.9 Å². The molecule has 1 aromatic heterocycles. The summed E-state index contributed by atoms with van der Waals surface area (Å²) >= 11 is 0. The molecule has 3 saturated heterocycles. The van der Waals surface area contributed by atoms with E-state index in [1.165, 1.54) is 24.0 Å². The summed E-state index contributed by atoms with van der Waals surface area (Å²) in [7, 11) is 0. The van der Waals surface area contributed by atoms with E-state index in [0.29, 0.717) is 30.6 Å². The quantitative estimate of drug-likeness (QED) is 0.384. The van der Waals surface area contributed by atoms with E-state index in [9.17, 15) is 0 Å². The minimum absolute atomic E-state index is 0. The zero-order valence-corrected chi connectivity index (χ0v) is 19.2. The summed E-state index contributed by atoms with van der Waals surface area (Å²) < 4.78 is 8.19. The van der Waals surface area contributed by atoms with E-state index in [2.05, 4.69) is 51.0 Å². The van der Waals surface area contributed by atoms with Gasteiger partial charge < -0.3 is 19.5 Å². The van der Waals surface area contributed by atoms with Crippen molar-refractivity contribution in [3.63, 3.8) is 0 Å². The van der Waals surface area contributed by atoms with Gasteiger partial charge >= 0.3 is 0 Å². The maximum atomic E-state index is 6.11. The second kappa shape index (κ2) is 9.04. The van der Waals surface area contributed by atoms with Crippen LogP contribution in [0.2, 0.25) is 0 Å². The molecule has 29 heavy (non-hydrogen) atoms. The second-order valence-electron chi connectivity index (χ2n) is 8.24. The van der Waals surface area contributed by atoms with Crippen LogP contribution in [0.3, 0.4) is 0 Å². The number of rotatable bonds is 5. The molecule has 0 aliphatic carbocycles. The minimum atomic E-state index is 0. The summed E-state index contributed by atoms with van der Waals surface area (Å²) in [6, 6.07) is 8.75. The lowest BCUT2D eigenvalue weighted by Gasteiger charge is -2.23. The molecule has 4 atom stereocenters. The van der Waals surface area contributed by atoms with Crippen molar-refractivity contribution in [1.82, 2.24) is 19.8 Å². The van der Waals surface area contributed by atoms with Crippen LogP contribution in [0.4, 0.5) is 0 Å². The molecule has 5 rings (SSSR count). The van der Waals surface area contributed by atoms with Gasteiger partial charge in [-0.05, 0) is 30.9 Å². The SMILES string of the molecule is CCNC(=NCc1ccc(Cn2ccnc2)cc1)N1CC2C3CCC(O3)C2C1.I. The number of halogens is 1. The van der Waals surface area contributed by atoms with Crippen LogP contribution in [0.15, 0.2) is 48.0 Å². The maximum absolute atomic E-state index is 6.11. The Morgan fingerprint density at radius 1 is 1.14 bits per heavy atom. The van der Waals surface area contributed by atoms with Crippen LogP contribution in [-0.4, -0.2) is 52.3 Å². The van der Waals surface area contributed by atoms with Crippen LogP contribution in [0.5, 0.6) is 0 Å². The largest absolute Gasteiger partial charge is 0.374 e. The van der Waals surface area contributed by atoms with Crippen molar-refractivity contribution in [2.75, 3.05) is 19.6 Å². The summed E-state index contributed by atoms with van der Waals surface area (Å²) in [5, 5.41) is 3.50. The third-order valence-electron chi connectivity index (χ3n) is 6.45. The van der Waals surface area contributed by atoms with Crippen LogP contribution in [0, 0.1) is 11.8 Å². The summed E-state index contributed by atoms with van der Waals surface area (Å²) in [6.07, 6.45) is 9.14. The summed E-state index contributed by atoms with van der Waals surface area (Å²) in [6.45, 7) is 6.78. The molecule has 0 spiro atoms. The fourth-order valence-corrected chi connectivity index (χ4v) is 5.07. The fraction of sp³-hybridized carbons (Fsp3) is 0.545. The molecule has 2 aromatic rings. The molecule has 156 valence electrons. The van der Waals surface area contributed by atoms with Crippen LogP contribution < -0.4 is 5.32 Å². The van der Waals surface area contributed by atoms with Crippen LogP contribution >= 0.6 is 24.0 Å². The van der Waals surface area contributed by atoms with Gasteiger partial charge in [0.1, 0.15) is 0 Å². The van der Waals surface area contributed by atoms with Gasteiger partial charge in [-0.25, -0.2) is 9.98 Å². The first kappa shape index (κ1) is 20.7. The van der Waals surface area contributed by atoms with Gasteiger partial charge in [-0.2, -0.15) is 0 Å². The van der Waals surface area contributed by atoms with E-state index in [4.69, 9.17) is 9.73 Å². The molecule has 0 saturated carbocycles. The van der Waals surface area contributed by atoms with E-state index in [1.807, 2.05) is 18.7 Å². The minimum Gasteiger partial charge on any atom is -0.374 e. The molecule has 3 aliphatic heterocycles. The van der Waals surface area contributed by atoms with Gasteiger partial charge in [-0.15, -0.1) is 24.0 Å². The molecule has 0 amide bonds. The summed E-state index contributed by atoms with van der Waals surface area (Å²) in [5.74, 6) is 2.45. The lowest BCUT2D eigenvalue weighted by molar-refractivity contribution is 0.0767. The van der Waals surface area contributed by atoms with E-state index < -0.39 is 0 Å². The zero-order chi connectivity index (χ0) is 18.9. The summed E-state index contributed by atoms with van der Waals surface area (Å²) in [5.41, 5.74) is 2.52. The van der Waals surface area contributed by atoms with Crippen molar-refractivity contribution in [1.29, 1.82) is 0 Å². The Morgan fingerprint density at radius 2 is 1.83 bits per heavy atom. The molecular weight excluding hydrogens is 477 g/mol. The maximum Gasteiger partial charge on any atom is 0.194 e. The highest BCUT2D eigenvalue weighted by molar-refractivity contribution is 14.0. The second-order valence-corrected chi connectivity index (χ2v) is 8.24. The number of likely N-dealkylation sites (tertiary alicyclic amines) is 1. The van der Waals surface area contributed by atoms with Crippen molar-refractivity contribution in [3.05, 3.63) is 54.1 Å². The Bertz CT molecular complexity index is 804. The third kappa shape index (κ3) is 4.30. The highest BCUT2D eigenvalue weighted by atomic mass is 127. The van der Waals surface area contributed by atoms with Gasteiger partial charge in [0.2, 0.25) is 0 Å². The standard InChI is InChI=1S/C22H29N5O.HI/c1-2-24-22(27-13-18-19(14-27)21-8-7-20(18)28-21)25-11-16-3-5-17(6-4-16)12-26-10-9-23-15-26;/h3-6,9-10,15,18-21H,2,7-8,11-14H2,1H3,(H,24,25);1H. The normalized spacial score (nSPS) is 27.8. The molecule has 4 unspecified atom stereocenters. The lowest BCUT2D eigenvalue weighted by atomic mass is 9.82. The average Bonchev–Trinajstić information content (AvgIpc) is 3.49. The Balaban J connectivity index is 0.00000205. The number of hydrogen-bond acceptors (Lipinski definition) is 3. The average molecular weight is 507 g/mol. The van der Waals surface area contributed by atoms with E-state index in [1.54, 1.807) is 0 Å². The van der Waals surface area contributed by atoms with E-state index >= 15 is 0 Å². The Kier molecular flexibility index (Phi) is 6.44. The molecular formula is C22H30IN5O. The van der Waals surface area contributed by atoms with Crippen molar-refractivity contribution in [2.45, 2.75) is 45.1 Å². The van der Waals surface area contributed by atoms with Crippen LogP contribution in [-0.2, 0) is 17.8 Å². The summed E-state index contributed by atoms with van der Waals surface area (Å²) in [4.78, 5) is 11.5. The molecule has 1 N–H and O–H groups in total. The van der Waals surface area contributed by atoms with Gasteiger partial charge in [-0.3, -0.25) is 0 Å². The topological polar surface area (TPSA) is 54.7 Å². The fourth-order valence-electron chi connectivity index (χ4n) is 5.07. The van der Waals surface area contributed by atoms with E-state index in [0.717, 1.165) is 32.1 Å².